The van der Waals surface area contributed by atoms with Crippen LogP contribution in [0.4, 0.5) is 5.69 Å². The second-order valence-electron chi connectivity index (χ2n) is 4.86. The van der Waals surface area contributed by atoms with Crippen LogP contribution in [-0.4, -0.2) is 18.5 Å². The first kappa shape index (κ1) is 17.5. The molecule has 0 spiro atoms. The molecule has 0 aromatic heterocycles. The van der Waals surface area contributed by atoms with E-state index >= 15 is 0 Å². The van der Waals surface area contributed by atoms with Crippen molar-refractivity contribution in [3.05, 3.63) is 29.3 Å². The van der Waals surface area contributed by atoms with Crippen LogP contribution in [-0.2, 0) is 14.3 Å². The average Bonchev–Trinajstić information content (AvgIpc) is 2.48. The summed E-state index contributed by atoms with van der Waals surface area (Å²) in [6.45, 7) is 2.46. The van der Waals surface area contributed by atoms with E-state index < -0.39 is 11.9 Å². The van der Waals surface area contributed by atoms with Crippen LogP contribution in [0.2, 0.25) is 5.02 Å². The van der Waals surface area contributed by atoms with Crippen molar-refractivity contribution >= 4 is 29.2 Å². The van der Waals surface area contributed by atoms with Crippen LogP contribution in [0.5, 0.6) is 0 Å². The molecule has 1 aromatic rings. The maximum Gasteiger partial charge on any atom is 0.397 e. The minimum absolute atomic E-state index is 0.291. The summed E-state index contributed by atoms with van der Waals surface area (Å²) < 4.78 is 4.93. The molecule has 0 saturated heterocycles. The van der Waals surface area contributed by atoms with Crippen molar-refractivity contribution in [3.63, 3.8) is 0 Å². The van der Waals surface area contributed by atoms with Crippen LogP contribution < -0.4 is 5.32 Å². The topological polar surface area (TPSA) is 55.4 Å². The summed E-state index contributed by atoms with van der Waals surface area (Å²) >= 11 is 5.74. The molecule has 0 unspecified atom stereocenters. The van der Waals surface area contributed by atoms with Crippen molar-refractivity contribution in [1.29, 1.82) is 0 Å². The van der Waals surface area contributed by atoms with E-state index in [1.165, 1.54) is 19.3 Å². The molecule has 0 aliphatic heterocycles. The second-order valence-corrected chi connectivity index (χ2v) is 5.30. The normalized spacial score (nSPS) is 10.2. The van der Waals surface area contributed by atoms with E-state index in [9.17, 15) is 9.59 Å². The number of carbonyl (C=O) groups is 2. The Bertz CT molecular complexity index is 445. The number of nitrogens with one attached hydrogen (secondary N) is 1. The first-order valence-electron chi connectivity index (χ1n) is 7.37. The Morgan fingerprint density at radius 3 is 2.33 bits per heavy atom. The molecule has 0 aliphatic carbocycles. The van der Waals surface area contributed by atoms with E-state index in [4.69, 9.17) is 16.3 Å². The number of halogens is 1. The number of amides is 1. The molecule has 1 N–H and O–H groups in total. The van der Waals surface area contributed by atoms with Gasteiger partial charge in [0.05, 0.1) is 6.61 Å². The van der Waals surface area contributed by atoms with Gasteiger partial charge in [0.1, 0.15) is 0 Å². The first-order valence-corrected chi connectivity index (χ1v) is 7.75. The molecule has 0 radical (unpaired) electrons. The number of hydrogen-bond donors (Lipinski definition) is 1. The van der Waals surface area contributed by atoms with Crippen LogP contribution in [0.25, 0.3) is 0 Å². The third-order valence-electron chi connectivity index (χ3n) is 3.02. The number of anilines is 1. The molecule has 4 nitrogen and oxygen atoms in total. The molecule has 0 atom stereocenters. The lowest BCUT2D eigenvalue weighted by Gasteiger charge is -2.06. The van der Waals surface area contributed by atoms with Gasteiger partial charge in [-0.3, -0.25) is 4.79 Å². The lowest BCUT2D eigenvalue weighted by Crippen LogP contribution is -2.25. The van der Waals surface area contributed by atoms with Crippen molar-refractivity contribution in [2.45, 2.75) is 45.4 Å². The van der Waals surface area contributed by atoms with Crippen molar-refractivity contribution in [2.24, 2.45) is 0 Å². The van der Waals surface area contributed by atoms with Crippen LogP contribution in [0.3, 0.4) is 0 Å². The number of unbranched alkanes of at least 4 members (excludes halogenated alkanes) is 5. The van der Waals surface area contributed by atoms with E-state index in [0.717, 1.165) is 19.3 Å². The van der Waals surface area contributed by atoms with Crippen molar-refractivity contribution in [2.75, 3.05) is 11.9 Å². The smallest absolute Gasteiger partial charge is 0.397 e. The summed E-state index contributed by atoms with van der Waals surface area (Å²) in [6, 6.07) is 6.53. The minimum atomic E-state index is -0.849. The predicted octanol–water partition coefficient (Wildman–Crippen LogP) is 4.18. The molecular formula is C16H22ClNO3. The highest BCUT2D eigenvalue weighted by atomic mass is 35.5. The summed E-state index contributed by atoms with van der Waals surface area (Å²) in [7, 11) is 0. The molecule has 1 rings (SSSR count). The van der Waals surface area contributed by atoms with E-state index in [1.807, 2.05) is 0 Å². The van der Waals surface area contributed by atoms with Gasteiger partial charge in [0, 0.05) is 10.7 Å². The molecule has 0 fully saturated rings. The fourth-order valence-corrected chi connectivity index (χ4v) is 1.95. The number of esters is 1. The van der Waals surface area contributed by atoms with Crippen LogP contribution in [0, 0.1) is 0 Å². The largest absolute Gasteiger partial charge is 0.459 e. The molecule has 116 valence electrons. The quantitative estimate of drug-likeness (QED) is 0.445. The Balaban J connectivity index is 2.16. The van der Waals surface area contributed by atoms with Crippen LogP contribution >= 0.6 is 11.6 Å². The summed E-state index contributed by atoms with van der Waals surface area (Å²) in [5.74, 6) is -1.61. The summed E-state index contributed by atoms with van der Waals surface area (Å²) in [4.78, 5) is 23.1. The number of hydrogen-bond acceptors (Lipinski definition) is 3. The maximum absolute atomic E-state index is 11.6. The standard InChI is InChI=1S/C16H22ClNO3/c1-2-3-4-5-6-7-12-21-16(20)15(19)18-14-10-8-13(17)9-11-14/h8-11H,2-7,12H2,1H3,(H,18,19). The lowest BCUT2D eigenvalue weighted by molar-refractivity contribution is -0.152. The Hall–Kier alpha value is -1.55. The van der Waals surface area contributed by atoms with Gasteiger partial charge in [-0.1, -0.05) is 50.6 Å². The van der Waals surface area contributed by atoms with Crippen LogP contribution in [0.15, 0.2) is 24.3 Å². The SMILES string of the molecule is CCCCCCCCOC(=O)C(=O)Nc1ccc(Cl)cc1. The van der Waals surface area contributed by atoms with Gasteiger partial charge < -0.3 is 10.1 Å². The Morgan fingerprint density at radius 1 is 1.05 bits per heavy atom. The maximum atomic E-state index is 11.6. The highest BCUT2D eigenvalue weighted by Gasteiger charge is 2.15. The van der Waals surface area contributed by atoms with Gasteiger partial charge in [0.15, 0.2) is 0 Å². The monoisotopic (exact) mass is 311 g/mol. The number of rotatable bonds is 8. The molecular weight excluding hydrogens is 290 g/mol. The zero-order valence-corrected chi connectivity index (χ0v) is 13.1. The van der Waals surface area contributed by atoms with E-state index in [0.29, 0.717) is 17.3 Å². The fourth-order valence-electron chi connectivity index (χ4n) is 1.83. The summed E-state index contributed by atoms with van der Waals surface area (Å²) in [5.41, 5.74) is 0.515. The number of ether oxygens (including phenoxy) is 1. The highest BCUT2D eigenvalue weighted by molar-refractivity contribution is 6.37. The molecule has 0 heterocycles. The van der Waals surface area contributed by atoms with Crippen LogP contribution in [0.1, 0.15) is 45.4 Å². The van der Waals surface area contributed by atoms with Gasteiger partial charge >= 0.3 is 11.9 Å². The van der Waals surface area contributed by atoms with E-state index in [1.54, 1.807) is 24.3 Å². The Morgan fingerprint density at radius 2 is 1.67 bits per heavy atom. The molecule has 21 heavy (non-hydrogen) atoms. The predicted molar refractivity (Wildman–Crippen MR) is 84.4 cm³/mol. The Kier molecular flexibility index (Phi) is 8.51. The molecule has 0 bridgehead atoms. The minimum Gasteiger partial charge on any atom is -0.459 e. The third-order valence-corrected chi connectivity index (χ3v) is 3.27. The average molecular weight is 312 g/mol. The van der Waals surface area contributed by atoms with Gasteiger partial charge in [-0.15, -0.1) is 0 Å². The van der Waals surface area contributed by atoms with Gasteiger partial charge in [0.2, 0.25) is 0 Å². The van der Waals surface area contributed by atoms with Crippen molar-refractivity contribution in [3.8, 4) is 0 Å². The zero-order valence-electron chi connectivity index (χ0n) is 12.4. The van der Waals surface area contributed by atoms with Crippen molar-refractivity contribution in [1.82, 2.24) is 0 Å². The summed E-state index contributed by atoms with van der Waals surface area (Å²) in [5, 5.41) is 3.03. The van der Waals surface area contributed by atoms with Crippen molar-refractivity contribution < 1.29 is 14.3 Å². The second kappa shape index (κ2) is 10.2. The summed E-state index contributed by atoms with van der Waals surface area (Å²) in [6.07, 6.45) is 6.61. The molecule has 0 saturated carbocycles. The molecule has 1 amide bonds. The highest BCUT2D eigenvalue weighted by Crippen LogP contribution is 2.13. The van der Waals surface area contributed by atoms with Gasteiger partial charge in [-0.2, -0.15) is 0 Å². The third kappa shape index (κ3) is 7.71. The number of benzene rings is 1. The van der Waals surface area contributed by atoms with Gasteiger partial charge in [0.25, 0.3) is 0 Å². The fraction of sp³-hybridized carbons (Fsp3) is 0.500. The van der Waals surface area contributed by atoms with E-state index in [-0.39, 0.29) is 0 Å². The zero-order chi connectivity index (χ0) is 15.5. The van der Waals surface area contributed by atoms with E-state index in [2.05, 4.69) is 12.2 Å². The molecule has 1 aromatic carbocycles. The molecule has 0 aliphatic rings. The first-order chi connectivity index (χ1) is 10.1. The molecule has 5 heteroatoms. The lowest BCUT2D eigenvalue weighted by atomic mass is 10.1. The van der Waals surface area contributed by atoms with Gasteiger partial charge in [-0.05, 0) is 30.7 Å². The number of carbonyl (C=O) groups excluding carboxylic acids is 2. The Labute approximate surface area is 130 Å². The van der Waals surface area contributed by atoms with Gasteiger partial charge in [-0.25, -0.2) is 4.79 Å².